The number of para-hydroxylation sites is 1. The first-order chi connectivity index (χ1) is 9.92. The van der Waals surface area contributed by atoms with Crippen molar-refractivity contribution in [2.75, 3.05) is 12.4 Å². The standard InChI is InChI=1S/C14H12N2O3S/c1-2-5-11(6-3-1)17-9-10-20-14-16-15-13(19-14)12-7-4-8-18-12/h1-8H,9-10H2. The average Bonchev–Trinajstić information content (AvgIpc) is 3.15. The van der Waals surface area contributed by atoms with Crippen molar-refractivity contribution in [2.24, 2.45) is 0 Å². The Hall–Kier alpha value is -2.21. The Labute approximate surface area is 120 Å². The second-order valence-electron chi connectivity index (χ2n) is 3.86. The number of rotatable bonds is 6. The molecular formula is C14H12N2O3S. The van der Waals surface area contributed by atoms with Crippen LogP contribution in [0.25, 0.3) is 11.7 Å². The number of hydrogen-bond acceptors (Lipinski definition) is 6. The topological polar surface area (TPSA) is 61.3 Å². The van der Waals surface area contributed by atoms with Gasteiger partial charge in [-0.3, -0.25) is 0 Å². The van der Waals surface area contributed by atoms with Gasteiger partial charge in [0.05, 0.1) is 12.9 Å². The Morgan fingerprint density at radius 1 is 1.05 bits per heavy atom. The van der Waals surface area contributed by atoms with Gasteiger partial charge >= 0.3 is 0 Å². The van der Waals surface area contributed by atoms with Crippen LogP contribution >= 0.6 is 11.8 Å². The molecule has 0 bridgehead atoms. The highest BCUT2D eigenvalue weighted by atomic mass is 32.2. The molecule has 0 aliphatic rings. The molecular weight excluding hydrogens is 276 g/mol. The van der Waals surface area contributed by atoms with E-state index < -0.39 is 0 Å². The maximum absolute atomic E-state index is 5.58. The smallest absolute Gasteiger partial charge is 0.284 e. The molecule has 0 aliphatic heterocycles. The van der Waals surface area contributed by atoms with Crippen molar-refractivity contribution < 1.29 is 13.6 Å². The molecule has 2 aromatic heterocycles. The number of furan rings is 1. The van der Waals surface area contributed by atoms with Crippen molar-refractivity contribution in [2.45, 2.75) is 5.22 Å². The highest BCUT2D eigenvalue weighted by molar-refractivity contribution is 7.99. The van der Waals surface area contributed by atoms with Crippen LogP contribution in [0.3, 0.4) is 0 Å². The fourth-order valence-corrected chi connectivity index (χ4v) is 2.15. The summed E-state index contributed by atoms with van der Waals surface area (Å²) in [6.45, 7) is 0.577. The first-order valence-electron chi connectivity index (χ1n) is 6.10. The summed E-state index contributed by atoms with van der Waals surface area (Å²) >= 11 is 1.45. The maximum atomic E-state index is 5.58. The van der Waals surface area contributed by atoms with Gasteiger partial charge in [-0.05, 0) is 24.3 Å². The molecule has 2 heterocycles. The second kappa shape index (κ2) is 6.29. The van der Waals surface area contributed by atoms with Gasteiger partial charge in [0.25, 0.3) is 11.1 Å². The lowest BCUT2D eigenvalue weighted by molar-refractivity contribution is 0.343. The summed E-state index contributed by atoms with van der Waals surface area (Å²) in [5, 5.41) is 8.38. The van der Waals surface area contributed by atoms with Crippen molar-refractivity contribution in [3.05, 3.63) is 48.7 Å². The van der Waals surface area contributed by atoms with E-state index in [1.54, 1.807) is 18.4 Å². The molecule has 6 heteroatoms. The number of ether oxygens (including phenoxy) is 1. The molecule has 3 aromatic rings. The molecule has 0 saturated heterocycles. The summed E-state index contributed by atoms with van der Waals surface area (Å²) < 4.78 is 16.2. The highest BCUT2D eigenvalue weighted by Crippen LogP contribution is 2.23. The van der Waals surface area contributed by atoms with Gasteiger partial charge in [-0.1, -0.05) is 30.0 Å². The van der Waals surface area contributed by atoms with Crippen LogP contribution in [0.4, 0.5) is 0 Å². The van der Waals surface area contributed by atoms with E-state index in [-0.39, 0.29) is 0 Å². The SMILES string of the molecule is c1ccc(OCCSc2nnc(-c3ccco3)o2)cc1. The number of hydrogen-bond donors (Lipinski definition) is 0. The molecule has 0 atom stereocenters. The Morgan fingerprint density at radius 3 is 2.75 bits per heavy atom. The van der Waals surface area contributed by atoms with E-state index in [2.05, 4.69) is 10.2 Å². The first kappa shape index (κ1) is 12.8. The van der Waals surface area contributed by atoms with Gasteiger partial charge in [-0.25, -0.2) is 0 Å². The minimum Gasteiger partial charge on any atom is -0.493 e. The van der Waals surface area contributed by atoms with Crippen molar-refractivity contribution >= 4 is 11.8 Å². The zero-order valence-corrected chi connectivity index (χ0v) is 11.4. The molecule has 0 saturated carbocycles. The van der Waals surface area contributed by atoms with Crippen LogP contribution in [0, 0.1) is 0 Å². The summed E-state index contributed by atoms with van der Waals surface area (Å²) in [7, 11) is 0. The van der Waals surface area contributed by atoms with Crippen LogP contribution in [0.1, 0.15) is 0 Å². The quantitative estimate of drug-likeness (QED) is 0.511. The Kier molecular flexibility index (Phi) is 4.03. The Bertz CT molecular complexity index is 638. The summed E-state index contributed by atoms with van der Waals surface area (Å²) in [6, 6.07) is 13.2. The van der Waals surface area contributed by atoms with Crippen molar-refractivity contribution in [1.82, 2.24) is 10.2 Å². The lowest BCUT2D eigenvalue weighted by Crippen LogP contribution is -1.99. The van der Waals surface area contributed by atoms with E-state index in [4.69, 9.17) is 13.6 Å². The number of aromatic nitrogens is 2. The minimum atomic E-state index is 0.390. The van der Waals surface area contributed by atoms with Crippen LogP contribution < -0.4 is 4.74 Å². The van der Waals surface area contributed by atoms with E-state index in [1.165, 1.54) is 11.8 Å². The molecule has 0 radical (unpaired) electrons. The first-order valence-corrected chi connectivity index (χ1v) is 7.08. The van der Waals surface area contributed by atoms with Crippen LogP contribution in [-0.2, 0) is 0 Å². The van der Waals surface area contributed by atoms with Crippen molar-refractivity contribution in [1.29, 1.82) is 0 Å². The highest BCUT2D eigenvalue weighted by Gasteiger charge is 2.10. The molecule has 0 amide bonds. The van der Waals surface area contributed by atoms with Gasteiger partial charge in [0.1, 0.15) is 5.75 Å². The summed E-state index contributed by atoms with van der Waals surface area (Å²) in [4.78, 5) is 0. The second-order valence-corrected chi connectivity index (χ2v) is 4.91. The summed E-state index contributed by atoms with van der Waals surface area (Å²) in [6.07, 6.45) is 1.57. The molecule has 0 fully saturated rings. The van der Waals surface area contributed by atoms with Gasteiger partial charge in [0, 0.05) is 5.75 Å². The molecule has 0 spiro atoms. The van der Waals surface area contributed by atoms with E-state index >= 15 is 0 Å². The minimum absolute atomic E-state index is 0.390. The summed E-state index contributed by atoms with van der Waals surface area (Å²) in [5.41, 5.74) is 0. The van der Waals surface area contributed by atoms with Crippen LogP contribution in [0.2, 0.25) is 0 Å². The van der Waals surface area contributed by atoms with Crippen molar-refractivity contribution in [3.8, 4) is 17.4 Å². The maximum Gasteiger partial charge on any atom is 0.284 e. The molecule has 1 aromatic carbocycles. The fraction of sp³-hybridized carbons (Fsp3) is 0.143. The van der Waals surface area contributed by atoms with Gasteiger partial charge < -0.3 is 13.6 Å². The van der Waals surface area contributed by atoms with E-state index in [0.29, 0.717) is 23.5 Å². The van der Waals surface area contributed by atoms with Gasteiger partial charge in [-0.2, -0.15) is 0 Å². The van der Waals surface area contributed by atoms with Crippen LogP contribution in [0.5, 0.6) is 5.75 Å². The third kappa shape index (κ3) is 3.21. The lowest BCUT2D eigenvalue weighted by Gasteiger charge is -2.03. The Morgan fingerprint density at radius 2 is 1.95 bits per heavy atom. The molecule has 3 rings (SSSR count). The zero-order valence-electron chi connectivity index (χ0n) is 10.6. The molecule has 0 aliphatic carbocycles. The number of benzene rings is 1. The molecule has 20 heavy (non-hydrogen) atoms. The van der Waals surface area contributed by atoms with Gasteiger partial charge in [0.15, 0.2) is 5.76 Å². The van der Waals surface area contributed by atoms with Crippen LogP contribution in [0.15, 0.2) is 62.8 Å². The number of thioether (sulfide) groups is 1. The largest absolute Gasteiger partial charge is 0.493 e. The zero-order chi connectivity index (χ0) is 13.6. The molecule has 0 unspecified atom stereocenters. The predicted octanol–water partition coefficient (Wildman–Crippen LogP) is 3.50. The number of nitrogens with zero attached hydrogens (tertiary/aromatic N) is 2. The van der Waals surface area contributed by atoms with Gasteiger partial charge in [-0.15, -0.1) is 10.2 Å². The van der Waals surface area contributed by atoms with Crippen LogP contribution in [-0.4, -0.2) is 22.6 Å². The third-order valence-electron chi connectivity index (χ3n) is 2.46. The van der Waals surface area contributed by atoms with Gasteiger partial charge in [0.2, 0.25) is 0 Å². The summed E-state index contributed by atoms with van der Waals surface area (Å²) in [5.74, 6) is 2.55. The lowest BCUT2D eigenvalue weighted by atomic mass is 10.3. The molecule has 102 valence electrons. The molecule has 5 nitrogen and oxygen atoms in total. The monoisotopic (exact) mass is 288 g/mol. The Balaban J connectivity index is 1.47. The fourth-order valence-electron chi connectivity index (χ4n) is 1.57. The van der Waals surface area contributed by atoms with Crippen molar-refractivity contribution in [3.63, 3.8) is 0 Å². The third-order valence-corrected chi connectivity index (χ3v) is 3.24. The van der Waals surface area contributed by atoms with E-state index in [9.17, 15) is 0 Å². The predicted molar refractivity (Wildman–Crippen MR) is 74.7 cm³/mol. The van der Waals surface area contributed by atoms with E-state index in [0.717, 1.165) is 11.5 Å². The van der Waals surface area contributed by atoms with E-state index in [1.807, 2.05) is 30.3 Å². The molecule has 0 N–H and O–H groups in total. The normalized spacial score (nSPS) is 10.6. The average molecular weight is 288 g/mol.